The highest BCUT2D eigenvalue weighted by Gasteiger charge is 2.20. The zero-order valence-corrected chi connectivity index (χ0v) is 11.3. The van der Waals surface area contributed by atoms with Gasteiger partial charge in [0.2, 0.25) is 10.0 Å². The van der Waals surface area contributed by atoms with E-state index >= 15 is 0 Å². The fourth-order valence-electron chi connectivity index (χ4n) is 1.11. The molecule has 8 heteroatoms. The number of sulfonamides is 1. The Kier molecular flexibility index (Phi) is 4.25. The molecule has 0 saturated heterocycles. The van der Waals surface area contributed by atoms with Gasteiger partial charge >= 0.3 is 0 Å². The molecular formula is C8H13BrN4O2S. The van der Waals surface area contributed by atoms with E-state index in [0.717, 1.165) is 0 Å². The number of hydrogen-bond acceptors (Lipinski definition) is 5. The molecule has 0 bridgehead atoms. The molecule has 0 aliphatic heterocycles. The van der Waals surface area contributed by atoms with Crippen LogP contribution in [0, 0.1) is 0 Å². The number of hydrogen-bond donors (Lipinski definition) is 3. The van der Waals surface area contributed by atoms with Crippen molar-refractivity contribution in [1.82, 2.24) is 9.71 Å². The fraction of sp³-hybridized carbons (Fsp3) is 0.375. The number of nitrogens with one attached hydrogen (secondary N) is 2. The Bertz CT molecular complexity index is 475. The highest BCUT2D eigenvalue weighted by Crippen LogP contribution is 2.22. The maximum atomic E-state index is 11.9. The van der Waals surface area contributed by atoms with Crippen molar-refractivity contribution in [1.29, 1.82) is 0 Å². The van der Waals surface area contributed by atoms with Crippen molar-refractivity contribution in [2.24, 2.45) is 5.84 Å². The number of halogens is 1. The Morgan fingerprint density at radius 3 is 2.62 bits per heavy atom. The van der Waals surface area contributed by atoms with Crippen molar-refractivity contribution in [2.75, 3.05) is 5.43 Å². The van der Waals surface area contributed by atoms with Crippen LogP contribution in [0.1, 0.15) is 13.8 Å². The Hall–Kier alpha value is -0.700. The maximum Gasteiger partial charge on any atom is 0.244 e. The van der Waals surface area contributed by atoms with E-state index in [-0.39, 0.29) is 16.8 Å². The summed E-state index contributed by atoms with van der Waals surface area (Å²) in [5.41, 5.74) is 2.25. The second kappa shape index (κ2) is 5.09. The summed E-state index contributed by atoms with van der Waals surface area (Å²) in [6.45, 7) is 3.47. The molecule has 0 atom stereocenters. The number of nitrogens with zero attached hydrogens (tertiary/aromatic N) is 1. The van der Waals surface area contributed by atoms with Crippen LogP contribution in [0.25, 0.3) is 0 Å². The lowest BCUT2D eigenvalue weighted by Gasteiger charge is -2.12. The van der Waals surface area contributed by atoms with E-state index in [0.29, 0.717) is 4.47 Å². The highest BCUT2D eigenvalue weighted by atomic mass is 79.9. The lowest BCUT2D eigenvalue weighted by molar-refractivity contribution is 0.569. The number of nitrogens with two attached hydrogens (primary N) is 1. The van der Waals surface area contributed by atoms with Crippen molar-refractivity contribution >= 4 is 31.8 Å². The smallest absolute Gasteiger partial charge is 0.244 e. The van der Waals surface area contributed by atoms with E-state index in [9.17, 15) is 8.42 Å². The van der Waals surface area contributed by atoms with Gasteiger partial charge in [0.15, 0.2) is 5.82 Å². The van der Waals surface area contributed by atoms with Gasteiger partial charge in [0, 0.05) is 16.7 Å². The average molecular weight is 309 g/mol. The third kappa shape index (κ3) is 3.14. The third-order valence-corrected chi connectivity index (χ3v) is 3.74. The zero-order chi connectivity index (χ0) is 12.3. The van der Waals surface area contributed by atoms with Gasteiger partial charge in [-0.15, -0.1) is 0 Å². The number of pyridine rings is 1. The average Bonchev–Trinajstić information content (AvgIpc) is 2.15. The van der Waals surface area contributed by atoms with Gasteiger partial charge in [-0.1, -0.05) is 0 Å². The topological polar surface area (TPSA) is 97.1 Å². The number of aromatic nitrogens is 1. The van der Waals surface area contributed by atoms with E-state index in [2.05, 4.69) is 31.1 Å². The monoisotopic (exact) mass is 308 g/mol. The van der Waals surface area contributed by atoms with Crippen LogP contribution < -0.4 is 16.0 Å². The van der Waals surface area contributed by atoms with Crippen LogP contribution in [0.3, 0.4) is 0 Å². The number of rotatable bonds is 4. The molecule has 6 nitrogen and oxygen atoms in total. The second-order valence-corrected chi connectivity index (χ2v) is 6.02. The van der Waals surface area contributed by atoms with Crippen LogP contribution in [0.4, 0.5) is 5.82 Å². The molecule has 0 aliphatic rings. The number of anilines is 1. The molecule has 0 saturated carbocycles. The Morgan fingerprint density at radius 1 is 1.50 bits per heavy atom. The Balaban J connectivity index is 3.25. The Labute approximate surface area is 103 Å². The van der Waals surface area contributed by atoms with E-state index in [4.69, 9.17) is 5.84 Å². The summed E-state index contributed by atoms with van der Waals surface area (Å²) >= 11 is 3.16. The van der Waals surface area contributed by atoms with Gasteiger partial charge in [0.05, 0.1) is 0 Å². The highest BCUT2D eigenvalue weighted by molar-refractivity contribution is 9.10. The first-order chi connectivity index (χ1) is 7.36. The molecule has 1 aromatic heterocycles. The number of hydrazine groups is 1. The van der Waals surface area contributed by atoms with Gasteiger partial charge in [0.25, 0.3) is 0 Å². The van der Waals surface area contributed by atoms with Crippen LogP contribution in [0.15, 0.2) is 21.6 Å². The number of nitrogen functional groups attached to an aromatic ring is 1. The summed E-state index contributed by atoms with van der Waals surface area (Å²) in [5.74, 6) is 5.32. The molecule has 0 fully saturated rings. The molecule has 0 spiro atoms. The van der Waals surface area contributed by atoms with Crippen molar-refractivity contribution in [3.63, 3.8) is 0 Å². The minimum absolute atomic E-state index is 0.0121. The summed E-state index contributed by atoms with van der Waals surface area (Å²) in [7, 11) is -3.61. The van der Waals surface area contributed by atoms with Crippen molar-refractivity contribution in [3.8, 4) is 0 Å². The SMILES string of the molecule is CC(C)NS(=O)(=O)c1cc(Br)cnc1NN. The molecule has 16 heavy (non-hydrogen) atoms. The Morgan fingerprint density at radius 2 is 2.12 bits per heavy atom. The van der Waals surface area contributed by atoms with Gasteiger partial charge in [-0.2, -0.15) is 0 Å². The fourth-order valence-corrected chi connectivity index (χ4v) is 2.99. The quantitative estimate of drug-likeness (QED) is 0.565. The summed E-state index contributed by atoms with van der Waals surface area (Å²) in [5, 5.41) is 0. The van der Waals surface area contributed by atoms with E-state index in [1.807, 2.05) is 0 Å². The van der Waals surface area contributed by atoms with Gasteiger partial charge in [-0.05, 0) is 35.8 Å². The standard InChI is InChI=1S/C8H13BrN4O2S/c1-5(2)13-16(14,15)7-3-6(9)4-11-8(7)12-10/h3-5,13H,10H2,1-2H3,(H,11,12). The molecule has 90 valence electrons. The summed E-state index contributed by atoms with van der Waals surface area (Å²) < 4.78 is 26.8. The van der Waals surface area contributed by atoms with Crippen molar-refractivity contribution in [3.05, 3.63) is 16.7 Å². The first kappa shape index (κ1) is 13.4. The maximum absolute atomic E-state index is 11.9. The minimum atomic E-state index is -3.61. The lowest BCUT2D eigenvalue weighted by Crippen LogP contribution is -2.31. The minimum Gasteiger partial charge on any atom is -0.307 e. The van der Waals surface area contributed by atoms with Crippen LogP contribution in [0.5, 0.6) is 0 Å². The summed E-state index contributed by atoms with van der Waals surface area (Å²) in [6.07, 6.45) is 1.46. The van der Waals surface area contributed by atoms with Crippen LogP contribution in [0.2, 0.25) is 0 Å². The van der Waals surface area contributed by atoms with Crippen molar-refractivity contribution < 1.29 is 8.42 Å². The molecule has 4 N–H and O–H groups in total. The molecule has 0 unspecified atom stereocenters. The molecule has 0 radical (unpaired) electrons. The predicted molar refractivity (Wildman–Crippen MR) is 65.2 cm³/mol. The molecule has 1 rings (SSSR count). The summed E-state index contributed by atoms with van der Waals surface area (Å²) in [6, 6.07) is 1.24. The largest absolute Gasteiger partial charge is 0.307 e. The molecule has 1 aromatic rings. The molecule has 1 heterocycles. The van der Waals surface area contributed by atoms with Crippen LogP contribution in [-0.2, 0) is 10.0 Å². The van der Waals surface area contributed by atoms with E-state index < -0.39 is 10.0 Å². The first-order valence-electron chi connectivity index (χ1n) is 4.51. The van der Waals surface area contributed by atoms with Gasteiger partial charge in [-0.25, -0.2) is 24.0 Å². The normalized spacial score (nSPS) is 11.8. The first-order valence-corrected chi connectivity index (χ1v) is 6.79. The lowest BCUT2D eigenvalue weighted by atomic mass is 10.4. The van der Waals surface area contributed by atoms with Crippen LogP contribution in [-0.4, -0.2) is 19.4 Å². The van der Waals surface area contributed by atoms with E-state index in [1.165, 1.54) is 12.3 Å². The summed E-state index contributed by atoms with van der Waals surface area (Å²) in [4.78, 5) is 3.88. The molecule has 0 amide bonds. The van der Waals surface area contributed by atoms with Crippen LogP contribution >= 0.6 is 15.9 Å². The molecular weight excluding hydrogens is 296 g/mol. The predicted octanol–water partition coefficient (Wildman–Crippen LogP) is 0.816. The van der Waals surface area contributed by atoms with Gasteiger partial charge in [-0.3, -0.25) is 0 Å². The van der Waals surface area contributed by atoms with Gasteiger partial charge in [0.1, 0.15) is 4.90 Å². The van der Waals surface area contributed by atoms with Gasteiger partial charge < -0.3 is 5.43 Å². The second-order valence-electron chi connectivity index (χ2n) is 3.42. The van der Waals surface area contributed by atoms with E-state index in [1.54, 1.807) is 13.8 Å². The van der Waals surface area contributed by atoms with Crippen molar-refractivity contribution in [2.45, 2.75) is 24.8 Å². The molecule has 0 aromatic carbocycles. The third-order valence-electron chi connectivity index (χ3n) is 1.64. The molecule has 0 aliphatic carbocycles. The zero-order valence-electron chi connectivity index (χ0n) is 8.86.